The quantitative estimate of drug-likeness (QED) is 0.220. The Kier molecular flexibility index (Phi) is 8.37. The summed E-state index contributed by atoms with van der Waals surface area (Å²) < 4.78 is 0. The monoisotopic (exact) mass is 649 g/mol. The molecule has 5 heteroatoms. The van der Waals surface area contributed by atoms with Crippen LogP contribution in [0.1, 0.15) is 127 Å². The Hall–Kier alpha value is -2.79. The van der Waals surface area contributed by atoms with Crippen molar-refractivity contribution in [1.29, 1.82) is 0 Å². The Morgan fingerprint density at radius 3 is 2.40 bits per heavy atom. The number of allylic oxidation sites excluding steroid dienone is 3. The van der Waals surface area contributed by atoms with E-state index < -0.39 is 5.97 Å². The maximum atomic E-state index is 11.5. The number of benzene rings is 1. The van der Waals surface area contributed by atoms with E-state index in [9.17, 15) is 9.90 Å². The normalized spacial score (nSPS) is 39.7. The second kappa shape index (κ2) is 11.9. The van der Waals surface area contributed by atoms with Crippen LogP contribution in [0.4, 0.5) is 0 Å². The average Bonchev–Trinajstić information content (AvgIpc) is 3.44. The zero-order valence-electron chi connectivity index (χ0n) is 30.4. The maximum absolute atomic E-state index is 11.5. The first-order valence-electron chi connectivity index (χ1n) is 19.0. The van der Waals surface area contributed by atoms with E-state index in [4.69, 9.17) is 0 Å². The molecular weight excluding hydrogens is 590 g/mol. The highest BCUT2D eigenvalue weighted by molar-refractivity contribution is 5.88. The molecule has 2 N–H and O–H groups in total. The van der Waals surface area contributed by atoms with Gasteiger partial charge < -0.3 is 10.4 Å². The van der Waals surface area contributed by atoms with E-state index in [1.54, 1.807) is 18.3 Å². The molecule has 258 valence electrons. The fourth-order valence-electron chi connectivity index (χ4n) is 13.4. The first-order chi connectivity index (χ1) is 22.8. The number of aromatic nitrogens is 2. The summed E-state index contributed by atoms with van der Waals surface area (Å²) in [6.07, 6.45) is 17.9. The summed E-state index contributed by atoms with van der Waals surface area (Å²) >= 11 is 0. The number of hydrogen-bond acceptors (Lipinski definition) is 4. The van der Waals surface area contributed by atoms with Crippen LogP contribution in [0.5, 0.6) is 0 Å². The number of carboxylic acid groups (broad SMARTS) is 1. The number of nitrogens with one attached hydrogen (secondary N) is 1. The largest absolute Gasteiger partial charge is 0.478 e. The molecule has 0 aliphatic heterocycles. The van der Waals surface area contributed by atoms with Crippen molar-refractivity contribution in [2.45, 2.75) is 118 Å². The molecule has 48 heavy (non-hydrogen) atoms. The van der Waals surface area contributed by atoms with E-state index in [1.807, 2.05) is 18.2 Å². The smallest absolute Gasteiger partial charge is 0.335 e. The molecule has 0 spiro atoms. The van der Waals surface area contributed by atoms with Crippen LogP contribution in [0.25, 0.3) is 5.57 Å². The predicted molar refractivity (Wildman–Crippen MR) is 194 cm³/mol. The molecule has 2 aromatic rings. The summed E-state index contributed by atoms with van der Waals surface area (Å²) in [5, 5.41) is 22.2. The number of rotatable bonds is 8. The standard InChI is InChI=1S/C43H59N3O2/c1-28(2)32-18-23-43(44-26-8-10-31-11-9-27-45-46-31)25-24-41(6)34(37(32)43)16-17-36-40(5)21-19-33(29-12-14-30(15-13-29)38(47)48)39(3,4)35(40)20-22-42(36,41)7/h9,11-15,19,27,32,34-37,44H,1,8,10,16-18,20-26H2,2-7H3,(H,47,48)/t32-,34+,35-,36+,37+,40-,41+,42+,43-/m0/s1. The lowest BCUT2D eigenvalue weighted by molar-refractivity contribution is -0.219. The molecule has 5 aliphatic carbocycles. The van der Waals surface area contributed by atoms with Gasteiger partial charge in [0.1, 0.15) is 0 Å². The topological polar surface area (TPSA) is 75.1 Å². The van der Waals surface area contributed by atoms with Crippen LogP contribution in [0, 0.1) is 51.2 Å². The molecule has 0 radical (unpaired) electrons. The Morgan fingerprint density at radius 1 is 0.938 bits per heavy atom. The molecule has 0 saturated heterocycles. The van der Waals surface area contributed by atoms with Crippen LogP contribution >= 0.6 is 0 Å². The van der Waals surface area contributed by atoms with Crippen molar-refractivity contribution in [2.75, 3.05) is 6.54 Å². The van der Waals surface area contributed by atoms with Crippen LogP contribution in [-0.4, -0.2) is 33.4 Å². The highest BCUT2D eigenvalue weighted by Gasteiger charge is 2.70. The van der Waals surface area contributed by atoms with Gasteiger partial charge >= 0.3 is 5.97 Å². The summed E-state index contributed by atoms with van der Waals surface area (Å²) in [7, 11) is 0. The second-order valence-electron chi connectivity index (χ2n) is 18.0. The van der Waals surface area contributed by atoms with E-state index in [0.717, 1.165) is 37.4 Å². The van der Waals surface area contributed by atoms with Gasteiger partial charge in [-0.3, -0.25) is 0 Å². The Balaban J connectivity index is 1.16. The average molecular weight is 650 g/mol. The molecule has 4 fully saturated rings. The minimum atomic E-state index is -0.858. The highest BCUT2D eigenvalue weighted by Crippen LogP contribution is 2.76. The number of nitrogens with zero attached hydrogens (tertiary/aromatic N) is 2. The van der Waals surface area contributed by atoms with Gasteiger partial charge in [0, 0.05) is 11.7 Å². The van der Waals surface area contributed by atoms with Crippen molar-refractivity contribution in [3.8, 4) is 0 Å². The lowest BCUT2D eigenvalue weighted by Gasteiger charge is -2.72. The molecule has 4 saturated carbocycles. The van der Waals surface area contributed by atoms with E-state index in [1.165, 1.54) is 68.1 Å². The minimum absolute atomic E-state index is 0.0320. The van der Waals surface area contributed by atoms with Gasteiger partial charge in [-0.1, -0.05) is 65.0 Å². The molecule has 0 amide bonds. The van der Waals surface area contributed by atoms with Gasteiger partial charge in [-0.25, -0.2) is 4.79 Å². The Bertz CT molecular complexity index is 1580. The molecule has 1 aromatic heterocycles. The number of aromatic carboxylic acids is 1. The molecule has 7 rings (SSSR count). The third-order valence-corrected chi connectivity index (χ3v) is 15.8. The summed E-state index contributed by atoms with van der Waals surface area (Å²) in [4.78, 5) is 11.5. The lowest BCUT2D eigenvalue weighted by atomic mass is 9.33. The number of carbonyl (C=O) groups is 1. The molecule has 5 aliphatic rings. The number of fused-ring (bicyclic) bond motifs is 7. The van der Waals surface area contributed by atoms with Gasteiger partial charge in [0.05, 0.1) is 11.3 Å². The van der Waals surface area contributed by atoms with E-state index >= 15 is 0 Å². The van der Waals surface area contributed by atoms with Gasteiger partial charge in [-0.2, -0.15) is 10.2 Å². The van der Waals surface area contributed by atoms with Crippen LogP contribution < -0.4 is 5.32 Å². The van der Waals surface area contributed by atoms with Crippen LogP contribution in [0.3, 0.4) is 0 Å². The maximum Gasteiger partial charge on any atom is 0.335 e. The van der Waals surface area contributed by atoms with Crippen LogP contribution in [-0.2, 0) is 6.42 Å². The Morgan fingerprint density at radius 2 is 1.71 bits per heavy atom. The highest BCUT2D eigenvalue weighted by atomic mass is 16.4. The summed E-state index contributed by atoms with van der Waals surface area (Å²) in [6.45, 7) is 21.0. The summed E-state index contributed by atoms with van der Waals surface area (Å²) in [5.41, 5.74) is 6.60. The fraction of sp³-hybridized carbons (Fsp3) is 0.651. The first-order valence-corrected chi connectivity index (χ1v) is 19.0. The van der Waals surface area contributed by atoms with Crippen LogP contribution in [0.15, 0.2) is 60.8 Å². The van der Waals surface area contributed by atoms with E-state index in [0.29, 0.717) is 40.1 Å². The minimum Gasteiger partial charge on any atom is -0.478 e. The zero-order chi connectivity index (χ0) is 34.1. The van der Waals surface area contributed by atoms with Crippen molar-refractivity contribution in [3.05, 3.63) is 77.6 Å². The van der Waals surface area contributed by atoms with Crippen molar-refractivity contribution in [3.63, 3.8) is 0 Å². The molecule has 1 aromatic carbocycles. The van der Waals surface area contributed by atoms with E-state index in [-0.39, 0.29) is 16.4 Å². The molecular formula is C43H59N3O2. The summed E-state index contributed by atoms with van der Waals surface area (Å²) in [5.74, 6) is 2.45. The predicted octanol–water partition coefficient (Wildman–Crippen LogP) is 9.80. The number of aryl methyl sites for hydroxylation is 1. The van der Waals surface area contributed by atoms with Crippen LogP contribution in [0.2, 0.25) is 0 Å². The molecule has 1 heterocycles. The van der Waals surface area contributed by atoms with E-state index in [2.05, 4.69) is 75.8 Å². The van der Waals surface area contributed by atoms with Gasteiger partial charge in [-0.15, -0.1) is 0 Å². The number of carboxylic acids is 1. The zero-order valence-corrected chi connectivity index (χ0v) is 30.4. The van der Waals surface area contributed by atoms with Crippen molar-refractivity contribution in [2.24, 2.45) is 51.2 Å². The second-order valence-corrected chi connectivity index (χ2v) is 18.0. The van der Waals surface area contributed by atoms with Gasteiger partial charge in [0.15, 0.2) is 0 Å². The first kappa shape index (κ1) is 33.7. The van der Waals surface area contributed by atoms with Gasteiger partial charge in [0.2, 0.25) is 0 Å². The molecule has 0 bridgehead atoms. The van der Waals surface area contributed by atoms with Gasteiger partial charge in [-0.05, 0) is 171 Å². The fourth-order valence-corrected chi connectivity index (χ4v) is 13.4. The number of hydrogen-bond donors (Lipinski definition) is 2. The van der Waals surface area contributed by atoms with Crippen molar-refractivity contribution >= 4 is 11.5 Å². The molecule has 9 atom stereocenters. The lowest BCUT2D eigenvalue weighted by Crippen LogP contribution is -2.68. The third-order valence-electron chi connectivity index (χ3n) is 15.8. The Labute approximate surface area is 289 Å². The summed E-state index contributed by atoms with van der Waals surface area (Å²) in [6, 6.07) is 11.7. The SMILES string of the molecule is C=C(C)[C@@H]1CC[C@]2(NCCCc3cccnn3)CC[C@]3(C)[C@H](CC[C@@H]4[C@@]5(C)CC=C(c6ccc(C(=O)O)cc6)C(C)(C)[C@@H]5CC[C@]43C)[C@@H]12. The molecule has 5 nitrogen and oxygen atoms in total. The van der Waals surface area contributed by atoms with Gasteiger partial charge in [0.25, 0.3) is 0 Å². The third kappa shape index (κ3) is 4.99. The van der Waals surface area contributed by atoms with Crippen molar-refractivity contribution in [1.82, 2.24) is 15.5 Å². The van der Waals surface area contributed by atoms with Crippen molar-refractivity contribution < 1.29 is 9.90 Å². The molecule has 0 unspecified atom stereocenters.